The Morgan fingerprint density at radius 3 is 1.50 bits per heavy atom. The first kappa shape index (κ1) is 26.7. The number of carboxylic acid groups (broad SMARTS) is 2. The van der Waals surface area contributed by atoms with Crippen LogP contribution in [0, 0.1) is 5.92 Å². The summed E-state index contributed by atoms with van der Waals surface area (Å²) in [5.74, 6) is -2.23. The lowest BCUT2D eigenvalue weighted by Crippen LogP contribution is -2.71. The molecule has 0 aromatic rings. The van der Waals surface area contributed by atoms with Crippen LogP contribution in [0.1, 0.15) is 26.2 Å². The molecule has 0 heterocycles. The van der Waals surface area contributed by atoms with Crippen molar-refractivity contribution in [2.75, 3.05) is 40.8 Å². The minimum atomic E-state index is -1.49. The largest absolute Gasteiger partial charge is 0.481 e. The molecular weight excluding hydrogens is 398 g/mol. The molecule has 0 aromatic heterocycles. The van der Waals surface area contributed by atoms with Crippen molar-refractivity contribution in [3.05, 3.63) is 0 Å². The summed E-state index contributed by atoms with van der Waals surface area (Å²) >= 11 is 0. The average molecular weight is 436 g/mol. The molecule has 0 aromatic carbocycles. The number of rotatable bonds is 12. The molecule has 1 aliphatic carbocycles. The molecule has 0 bridgehead atoms. The predicted octanol–water partition coefficient (Wildman–Crippen LogP) is -2.09. The Bertz CT molecular complexity index is 526. The highest BCUT2D eigenvalue weighted by Gasteiger charge is 2.51. The predicted molar refractivity (Wildman–Crippen MR) is 108 cm³/mol. The normalized spacial score (nSPS) is 29.9. The van der Waals surface area contributed by atoms with Crippen LogP contribution in [-0.2, 0) is 9.59 Å². The molecule has 176 valence electrons. The van der Waals surface area contributed by atoms with Gasteiger partial charge in [-0.1, -0.05) is 6.92 Å². The van der Waals surface area contributed by atoms with Crippen LogP contribution >= 0.6 is 0 Å². The van der Waals surface area contributed by atoms with Crippen LogP contribution in [-0.4, -0.2) is 135 Å². The quantitative estimate of drug-likeness (QED) is 0.186. The van der Waals surface area contributed by atoms with Gasteiger partial charge in [-0.3, -0.25) is 19.4 Å². The summed E-state index contributed by atoms with van der Waals surface area (Å²) in [6.45, 7) is 2.48. The van der Waals surface area contributed by atoms with Gasteiger partial charge in [0.2, 0.25) is 0 Å². The zero-order chi connectivity index (χ0) is 23.2. The summed E-state index contributed by atoms with van der Waals surface area (Å²) in [7, 11) is 5.10. The van der Waals surface area contributed by atoms with E-state index in [9.17, 15) is 30.0 Å². The molecular formula is C19H37N3O8. The number of aliphatic hydroxyl groups is 4. The highest BCUT2D eigenvalue weighted by molar-refractivity contribution is 5.67. The highest BCUT2D eigenvalue weighted by atomic mass is 16.5. The second-order valence-corrected chi connectivity index (χ2v) is 8.31. The Balaban J connectivity index is 3.16. The number of aliphatic hydroxyl groups excluding tert-OH is 3. The van der Waals surface area contributed by atoms with Crippen molar-refractivity contribution >= 4 is 11.9 Å². The first-order valence-electron chi connectivity index (χ1n) is 10.1. The van der Waals surface area contributed by atoms with Gasteiger partial charge in [0, 0.05) is 38.1 Å². The van der Waals surface area contributed by atoms with E-state index >= 15 is 0 Å². The minimum absolute atomic E-state index is 0.0774. The van der Waals surface area contributed by atoms with Crippen LogP contribution in [0.5, 0.6) is 0 Å². The van der Waals surface area contributed by atoms with Gasteiger partial charge < -0.3 is 35.5 Å². The van der Waals surface area contributed by atoms with Gasteiger partial charge in [0.1, 0.15) is 0 Å². The minimum Gasteiger partial charge on any atom is -0.481 e. The molecule has 11 heteroatoms. The van der Waals surface area contributed by atoms with Crippen LogP contribution in [0.3, 0.4) is 0 Å². The topological polar surface area (TPSA) is 165 Å². The summed E-state index contributed by atoms with van der Waals surface area (Å²) in [5, 5.41) is 58.6. The molecule has 6 N–H and O–H groups in total. The fourth-order valence-corrected chi connectivity index (χ4v) is 4.59. The van der Waals surface area contributed by atoms with E-state index in [1.54, 1.807) is 35.8 Å². The zero-order valence-electron chi connectivity index (χ0n) is 18.1. The van der Waals surface area contributed by atoms with Crippen molar-refractivity contribution in [2.24, 2.45) is 5.92 Å². The molecule has 0 saturated heterocycles. The lowest BCUT2D eigenvalue weighted by Gasteiger charge is -2.54. The van der Waals surface area contributed by atoms with Crippen molar-refractivity contribution in [2.45, 2.75) is 62.8 Å². The Morgan fingerprint density at radius 1 is 0.767 bits per heavy atom. The lowest BCUT2D eigenvalue weighted by molar-refractivity contribution is -0.150. The van der Waals surface area contributed by atoms with E-state index in [4.69, 9.17) is 10.2 Å². The van der Waals surface area contributed by atoms with Crippen LogP contribution < -0.4 is 0 Å². The third kappa shape index (κ3) is 7.12. The maximum absolute atomic E-state index is 11.1. The smallest absolute Gasteiger partial charge is 0.304 e. The third-order valence-electron chi connectivity index (χ3n) is 6.10. The van der Waals surface area contributed by atoms with E-state index in [0.717, 1.165) is 0 Å². The Labute approximate surface area is 177 Å². The Hall–Kier alpha value is -1.34. The third-order valence-corrected chi connectivity index (χ3v) is 6.10. The van der Waals surface area contributed by atoms with Gasteiger partial charge in [0.05, 0.1) is 31.1 Å². The van der Waals surface area contributed by atoms with Gasteiger partial charge in [0.15, 0.2) is 6.29 Å². The van der Waals surface area contributed by atoms with Gasteiger partial charge in [-0.2, -0.15) is 0 Å². The molecule has 0 amide bonds. The molecule has 30 heavy (non-hydrogen) atoms. The maximum atomic E-state index is 11.1. The number of hydrogen-bond acceptors (Lipinski definition) is 9. The molecule has 0 spiro atoms. The molecule has 1 saturated carbocycles. The summed E-state index contributed by atoms with van der Waals surface area (Å²) in [6, 6.07) is -1.73. The molecule has 11 nitrogen and oxygen atoms in total. The second-order valence-electron chi connectivity index (χ2n) is 8.31. The van der Waals surface area contributed by atoms with E-state index in [0.29, 0.717) is 0 Å². The standard InChI is InChI=1S/C19H37N3O8/c1-11-15(20(2)8-5-12(23)24)18(29)17(22(4)10-7-14(27)28)19(30)16(11)21(3)9-6-13(25)26/h11-12,15-19,23-24,29-30H,5-10H2,1-4H3,(H,25,26)(H,27,28)/t11-,15+,16-,17+,18+,19-/m1/s1. The Morgan fingerprint density at radius 2 is 1.13 bits per heavy atom. The first-order chi connectivity index (χ1) is 13.9. The first-order valence-corrected chi connectivity index (χ1v) is 10.1. The average Bonchev–Trinajstić information content (AvgIpc) is 2.62. The summed E-state index contributed by atoms with van der Waals surface area (Å²) < 4.78 is 0. The number of nitrogens with zero attached hydrogens (tertiary/aromatic N) is 3. The van der Waals surface area contributed by atoms with Crippen molar-refractivity contribution in [3.63, 3.8) is 0 Å². The monoisotopic (exact) mass is 435 g/mol. The molecule has 1 aliphatic rings. The van der Waals surface area contributed by atoms with Crippen LogP contribution in [0.15, 0.2) is 0 Å². The fraction of sp³-hybridized carbons (Fsp3) is 0.895. The number of likely N-dealkylation sites (N-methyl/N-ethyl adjacent to an activating group) is 3. The SMILES string of the molecule is C[C@H]1[C@@H](N(C)CCC(=O)O)[C@@H](O)[C@@H](N(C)CCC(=O)O)[C@@H](O)[C@H]1N(C)CCC(O)O. The molecule has 0 radical (unpaired) electrons. The van der Waals surface area contributed by atoms with E-state index in [1.807, 2.05) is 6.92 Å². The van der Waals surface area contributed by atoms with Crippen LogP contribution in [0.4, 0.5) is 0 Å². The highest BCUT2D eigenvalue weighted by Crippen LogP contribution is 2.34. The van der Waals surface area contributed by atoms with E-state index < -0.39 is 48.6 Å². The van der Waals surface area contributed by atoms with Crippen molar-refractivity contribution in [1.29, 1.82) is 0 Å². The van der Waals surface area contributed by atoms with Crippen LogP contribution in [0.2, 0.25) is 0 Å². The number of aliphatic carboxylic acids is 2. The number of carbonyl (C=O) groups is 2. The number of hydrogen-bond donors (Lipinski definition) is 6. The molecule has 6 atom stereocenters. The lowest BCUT2D eigenvalue weighted by atomic mass is 9.73. The van der Waals surface area contributed by atoms with E-state index in [-0.39, 0.29) is 44.8 Å². The van der Waals surface area contributed by atoms with Crippen molar-refractivity contribution < 1.29 is 40.2 Å². The molecule has 1 rings (SSSR count). The summed E-state index contributed by atoms with van der Waals surface area (Å²) in [4.78, 5) is 27.2. The van der Waals surface area contributed by atoms with Gasteiger partial charge in [0.25, 0.3) is 0 Å². The van der Waals surface area contributed by atoms with Gasteiger partial charge in [-0.25, -0.2) is 0 Å². The summed E-state index contributed by atoms with van der Waals surface area (Å²) in [5.41, 5.74) is 0. The second kappa shape index (κ2) is 11.9. The fourth-order valence-electron chi connectivity index (χ4n) is 4.59. The van der Waals surface area contributed by atoms with Crippen LogP contribution in [0.25, 0.3) is 0 Å². The summed E-state index contributed by atoms with van der Waals surface area (Å²) in [6.07, 6.45) is -3.74. The van der Waals surface area contributed by atoms with Crippen molar-refractivity contribution in [3.8, 4) is 0 Å². The maximum Gasteiger partial charge on any atom is 0.304 e. The zero-order valence-corrected chi connectivity index (χ0v) is 18.1. The van der Waals surface area contributed by atoms with E-state index in [1.165, 1.54) is 0 Å². The van der Waals surface area contributed by atoms with Crippen molar-refractivity contribution in [1.82, 2.24) is 14.7 Å². The number of carboxylic acids is 2. The Kier molecular flexibility index (Phi) is 10.6. The molecule has 1 fully saturated rings. The van der Waals surface area contributed by atoms with Gasteiger partial charge >= 0.3 is 11.9 Å². The molecule has 0 aliphatic heterocycles. The van der Waals surface area contributed by atoms with Gasteiger partial charge in [-0.15, -0.1) is 0 Å². The molecule has 0 unspecified atom stereocenters. The van der Waals surface area contributed by atoms with E-state index in [2.05, 4.69) is 0 Å². The van der Waals surface area contributed by atoms with Gasteiger partial charge in [-0.05, 0) is 27.1 Å².